The zero-order valence-corrected chi connectivity index (χ0v) is 14.6. The van der Waals surface area contributed by atoms with Gasteiger partial charge in [0.05, 0.1) is 5.25 Å². The van der Waals surface area contributed by atoms with E-state index in [0.29, 0.717) is 11.7 Å². The first-order chi connectivity index (χ1) is 11.6. The summed E-state index contributed by atoms with van der Waals surface area (Å²) in [5, 5.41) is 6.93. The molecular formula is C17H22N4O2S. The van der Waals surface area contributed by atoms with Gasteiger partial charge in [-0.1, -0.05) is 42.1 Å². The van der Waals surface area contributed by atoms with Gasteiger partial charge in [0.2, 0.25) is 5.91 Å². The van der Waals surface area contributed by atoms with Crippen molar-refractivity contribution in [2.24, 2.45) is 0 Å². The van der Waals surface area contributed by atoms with Crippen LogP contribution in [0.3, 0.4) is 0 Å². The SMILES string of the molecule is C[C@@H](Sc1n[nH]c(=O)n1CCc1ccccc1)C(=O)N1CCCC1. The van der Waals surface area contributed by atoms with Crippen LogP contribution < -0.4 is 5.69 Å². The quantitative estimate of drug-likeness (QED) is 0.811. The lowest BCUT2D eigenvalue weighted by molar-refractivity contribution is -0.129. The smallest absolute Gasteiger partial charge is 0.342 e. The molecule has 0 radical (unpaired) electrons. The molecule has 2 aromatic rings. The van der Waals surface area contributed by atoms with Crippen molar-refractivity contribution in [3.8, 4) is 0 Å². The normalized spacial score (nSPS) is 15.6. The maximum Gasteiger partial charge on any atom is 0.343 e. The van der Waals surface area contributed by atoms with Crippen molar-refractivity contribution in [3.63, 3.8) is 0 Å². The molecule has 24 heavy (non-hydrogen) atoms. The van der Waals surface area contributed by atoms with Crippen LogP contribution in [0.1, 0.15) is 25.3 Å². The summed E-state index contributed by atoms with van der Waals surface area (Å²) >= 11 is 1.35. The van der Waals surface area contributed by atoms with Gasteiger partial charge < -0.3 is 4.90 Å². The summed E-state index contributed by atoms with van der Waals surface area (Å²) < 4.78 is 1.62. The number of likely N-dealkylation sites (tertiary alicyclic amines) is 1. The molecule has 0 saturated carbocycles. The van der Waals surface area contributed by atoms with E-state index < -0.39 is 0 Å². The number of aryl methyl sites for hydroxylation is 1. The highest BCUT2D eigenvalue weighted by Crippen LogP contribution is 2.23. The first kappa shape index (κ1) is 16.8. The van der Waals surface area contributed by atoms with E-state index in [1.807, 2.05) is 42.2 Å². The van der Waals surface area contributed by atoms with E-state index in [-0.39, 0.29) is 16.8 Å². The van der Waals surface area contributed by atoms with Crippen LogP contribution >= 0.6 is 11.8 Å². The lowest BCUT2D eigenvalue weighted by Gasteiger charge is -2.19. The molecule has 0 unspecified atom stereocenters. The number of hydrogen-bond acceptors (Lipinski definition) is 4. The number of carbonyl (C=O) groups is 1. The molecule has 1 fully saturated rings. The Morgan fingerprint density at radius 2 is 2.00 bits per heavy atom. The highest BCUT2D eigenvalue weighted by molar-refractivity contribution is 8.00. The molecule has 1 N–H and O–H groups in total. The fourth-order valence-corrected chi connectivity index (χ4v) is 3.85. The second-order valence-electron chi connectivity index (χ2n) is 5.99. The lowest BCUT2D eigenvalue weighted by Crippen LogP contribution is -2.34. The van der Waals surface area contributed by atoms with Crippen molar-refractivity contribution in [2.45, 2.75) is 43.1 Å². The fourth-order valence-electron chi connectivity index (χ4n) is 2.88. The molecule has 1 aromatic heterocycles. The standard InChI is InChI=1S/C17H22N4O2S/c1-13(15(22)20-10-5-6-11-20)24-17-19-18-16(23)21(17)12-9-14-7-3-2-4-8-14/h2-4,7-8,13H,5-6,9-12H2,1H3,(H,18,23)/t13-/m1/s1. The number of amides is 1. The largest absolute Gasteiger partial charge is 0.343 e. The van der Waals surface area contributed by atoms with Gasteiger partial charge in [-0.25, -0.2) is 9.89 Å². The number of aromatic nitrogens is 3. The van der Waals surface area contributed by atoms with Gasteiger partial charge in [-0.3, -0.25) is 9.36 Å². The average molecular weight is 346 g/mol. The number of nitrogens with one attached hydrogen (secondary N) is 1. The van der Waals surface area contributed by atoms with Crippen LogP contribution in [0, 0.1) is 0 Å². The molecule has 2 heterocycles. The third-order valence-electron chi connectivity index (χ3n) is 4.24. The molecule has 1 amide bonds. The number of benzene rings is 1. The van der Waals surface area contributed by atoms with Gasteiger partial charge in [0.1, 0.15) is 0 Å². The Morgan fingerprint density at radius 3 is 2.71 bits per heavy atom. The number of carbonyl (C=O) groups excluding carboxylic acids is 1. The molecule has 3 rings (SSSR count). The maximum absolute atomic E-state index is 12.4. The Hall–Kier alpha value is -2.02. The maximum atomic E-state index is 12.4. The minimum Gasteiger partial charge on any atom is -0.342 e. The number of thioether (sulfide) groups is 1. The first-order valence-electron chi connectivity index (χ1n) is 8.30. The molecule has 7 heteroatoms. The monoisotopic (exact) mass is 346 g/mol. The molecular weight excluding hydrogens is 324 g/mol. The van der Waals surface area contributed by atoms with E-state index in [9.17, 15) is 9.59 Å². The Kier molecular flexibility index (Phi) is 5.40. The molecule has 0 bridgehead atoms. The predicted molar refractivity (Wildman–Crippen MR) is 94.1 cm³/mol. The molecule has 1 saturated heterocycles. The molecule has 0 aliphatic carbocycles. The van der Waals surface area contributed by atoms with Crippen molar-refractivity contribution in [1.82, 2.24) is 19.7 Å². The summed E-state index contributed by atoms with van der Waals surface area (Å²) in [6.45, 7) is 4.11. The zero-order valence-electron chi connectivity index (χ0n) is 13.8. The van der Waals surface area contributed by atoms with Gasteiger partial charge in [0, 0.05) is 19.6 Å². The van der Waals surface area contributed by atoms with Gasteiger partial charge in [-0.05, 0) is 31.7 Å². The van der Waals surface area contributed by atoms with Crippen molar-refractivity contribution < 1.29 is 4.79 Å². The van der Waals surface area contributed by atoms with E-state index in [0.717, 1.165) is 32.4 Å². The van der Waals surface area contributed by atoms with Crippen molar-refractivity contribution in [3.05, 3.63) is 46.4 Å². The van der Waals surface area contributed by atoms with Crippen molar-refractivity contribution in [1.29, 1.82) is 0 Å². The molecule has 1 aromatic carbocycles. The number of rotatable bonds is 6. The second-order valence-corrected chi connectivity index (χ2v) is 7.30. The summed E-state index contributed by atoms with van der Waals surface area (Å²) in [6.07, 6.45) is 2.91. The van der Waals surface area contributed by atoms with Gasteiger partial charge in [0.25, 0.3) is 0 Å². The van der Waals surface area contributed by atoms with Crippen LogP contribution in [-0.2, 0) is 17.8 Å². The number of hydrogen-bond donors (Lipinski definition) is 1. The van der Waals surface area contributed by atoms with Gasteiger partial charge in [0.15, 0.2) is 5.16 Å². The number of aromatic amines is 1. The molecule has 128 valence electrons. The fraction of sp³-hybridized carbons (Fsp3) is 0.471. The van der Waals surface area contributed by atoms with Crippen LogP contribution in [0.2, 0.25) is 0 Å². The third-order valence-corrected chi connectivity index (χ3v) is 5.32. The van der Waals surface area contributed by atoms with E-state index in [1.165, 1.54) is 17.3 Å². The van der Waals surface area contributed by atoms with Gasteiger partial charge >= 0.3 is 5.69 Å². The topological polar surface area (TPSA) is 71.0 Å². The molecule has 0 spiro atoms. The number of nitrogens with zero attached hydrogens (tertiary/aromatic N) is 3. The Morgan fingerprint density at radius 1 is 1.29 bits per heavy atom. The summed E-state index contributed by atoms with van der Waals surface area (Å²) in [4.78, 5) is 26.3. The summed E-state index contributed by atoms with van der Waals surface area (Å²) in [7, 11) is 0. The predicted octanol–water partition coefficient (Wildman–Crippen LogP) is 1.92. The van der Waals surface area contributed by atoms with Gasteiger partial charge in [-0.15, -0.1) is 5.10 Å². The summed E-state index contributed by atoms with van der Waals surface area (Å²) in [6, 6.07) is 10.0. The zero-order chi connectivity index (χ0) is 16.9. The molecule has 1 atom stereocenters. The highest BCUT2D eigenvalue weighted by Gasteiger charge is 2.25. The minimum absolute atomic E-state index is 0.127. The van der Waals surface area contributed by atoms with Crippen molar-refractivity contribution >= 4 is 17.7 Å². The van der Waals surface area contributed by atoms with Crippen LogP contribution in [-0.4, -0.2) is 43.9 Å². The van der Waals surface area contributed by atoms with Crippen molar-refractivity contribution in [2.75, 3.05) is 13.1 Å². The Bertz CT molecular complexity index is 735. The van der Waals surface area contributed by atoms with E-state index in [4.69, 9.17) is 0 Å². The molecule has 1 aliphatic rings. The first-order valence-corrected chi connectivity index (χ1v) is 9.17. The molecule has 1 aliphatic heterocycles. The van der Waals surface area contributed by atoms with E-state index >= 15 is 0 Å². The second kappa shape index (κ2) is 7.70. The third kappa shape index (κ3) is 3.90. The summed E-state index contributed by atoms with van der Waals surface area (Å²) in [5.74, 6) is 0.127. The Labute approximate surface area is 145 Å². The highest BCUT2D eigenvalue weighted by atomic mass is 32.2. The Balaban J connectivity index is 1.65. The van der Waals surface area contributed by atoms with E-state index in [1.54, 1.807) is 4.57 Å². The van der Waals surface area contributed by atoms with Crippen LogP contribution in [0.4, 0.5) is 0 Å². The van der Waals surface area contributed by atoms with E-state index in [2.05, 4.69) is 10.2 Å². The van der Waals surface area contributed by atoms with Crippen LogP contribution in [0.25, 0.3) is 0 Å². The van der Waals surface area contributed by atoms with Crippen LogP contribution in [0.5, 0.6) is 0 Å². The van der Waals surface area contributed by atoms with Crippen LogP contribution in [0.15, 0.2) is 40.3 Å². The lowest BCUT2D eigenvalue weighted by atomic mass is 10.1. The minimum atomic E-state index is -0.242. The average Bonchev–Trinajstić information content (AvgIpc) is 3.24. The molecule has 6 nitrogen and oxygen atoms in total. The van der Waals surface area contributed by atoms with Gasteiger partial charge in [-0.2, -0.15) is 0 Å². The number of H-pyrrole nitrogens is 1. The summed E-state index contributed by atoms with van der Waals surface area (Å²) in [5.41, 5.74) is 0.942.